The average molecular weight is 266 g/mol. The van der Waals surface area contributed by atoms with Gasteiger partial charge in [-0.2, -0.15) is 11.3 Å². The second-order valence-corrected chi connectivity index (χ2v) is 5.99. The molecule has 3 nitrogen and oxygen atoms in total. The van der Waals surface area contributed by atoms with Gasteiger partial charge in [0.2, 0.25) is 5.91 Å². The first-order valence-corrected chi connectivity index (χ1v) is 7.66. The van der Waals surface area contributed by atoms with E-state index >= 15 is 0 Å². The smallest absolute Gasteiger partial charge is 0.228 e. The highest BCUT2D eigenvalue weighted by Gasteiger charge is 2.40. The van der Waals surface area contributed by atoms with E-state index in [9.17, 15) is 4.79 Å². The SMILES string of the molecule is CCCC1(C(=O)NC(C)c2ccsc2)CCNC1. The number of amides is 1. The first-order chi connectivity index (χ1) is 8.68. The van der Waals surface area contributed by atoms with Gasteiger partial charge in [-0.25, -0.2) is 0 Å². The lowest BCUT2D eigenvalue weighted by molar-refractivity contribution is -0.131. The van der Waals surface area contributed by atoms with E-state index in [2.05, 4.69) is 41.3 Å². The first-order valence-electron chi connectivity index (χ1n) is 6.72. The second kappa shape index (κ2) is 5.85. The Balaban J connectivity index is 2.01. The molecule has 1 aliphatic rings. The highest BCUT2D eigenvalue weighted by Crippen LogP contribution is 2.32. The van der Waals surface area contributed by atoms with Gasteiger partial charge in [-0.3, -0.25) is 4.79 Å². The molecule has 0 saturated carbocycles. The summed E-state index contributed by atoms with van der Waals surface area (Å²) in [4.78, 5) is 12.5. The number of thiophene rings is 1. The standard InChI is InChI=1S/C14H22N2OS/c1-3-5-14(6-7-15-10-14)13(17)16-11(2)12-4-8-18-9-12/h4,8-9,11,15H,3,5-7,10H2,1-2H3,(H,16,17). The lowest BCUT2D eigenvalue weighted by Gasteiger charge is -2.28. The molecule has 100 valence electrons. The fraction of sp³-hybridized carbons (Fsp3) is 0.643. The minimum atomic E-state index is -0.182. The zero-order valence-electron chi connectivity index (χ0n) is 11.2. The van der Waals surface area contributed by atoms with Crippen LogP contribution in [-0.4, -0.2) is 19.0 Å². The molecule has 0 spiro atoms. The first kappa shape index (κ1) is 13.6. The normalized spacial score (nSPS) is 25.0. The predicted molar refractivity (Wildman–Crippen MR) is 75.7 cm³/mol. The number of carbonyl (C=O) groups is 1. The largest absolute Gasteiger partial charge is 0.349 e. The summed E-state index contributed by atoms with van der Waals surface area (Å²) in [7, 11) is 0. The van der Waals surface area contributed by atoms with Crippen LogP contribution in [0, 0.1) is 5.41 Å². The summed E-state index contributed by atoms with van der Waals surface area (Å²) < 4.78 is 0. The van der Waals surface area contributed by atoms with Crippen LogP contribution >= 0.6 is 11.3 Å². The third-order valence-corrected chi connectivity index (χ3v) is 4.55. The van der Waals surface area contributed by atoms with Crippen molar-refractivity contribution in [2.45, 2.75) is 39.2 Å². The quantitative estimate of drug-likeness (QED) is 0.860. The molecule has 1 fully saturated rings. The molecule has 0 bridgehead atoms. The summed E-state index contributed by atoms with van der Waals surface area (Å²) in [6.45, 7) is 5.99. The topological polar surface area (TPSA) is 41.1 Å². The molecule has 1 amide bonds. The maximum absolute atomic E-state index is 12.5. The van der Waals surface area contributed by atoms with E-state index in [0.29, 0.717) is 0 Å². The molecule has 1 aliphatic heterocycles. The van der Waals surface area contributed by atoms with E-state index in [-0.39, 0.29) is 17.4 Å². The molecular formula is C14H22N2OS. The van der Waals surface area contributed by atoms with Crippen LogP contribution in [0.25, 0.3) is 0 Å². The molecule has 1 saturated heterocycles. The number of nitrogens with one attached hydrogen (secondary N) is 2. The molecular weight excluding hydrogens is 244 g/mol. The summed E-state index contributed by atoms with van der Waals surface area (Å²) in [5, 5.41) is 10.7. The Bertz CT molecular complexity index is 383. The van der Waals surface area contributed by atoms with Crippen molar-refractivity contribution in [2.24, 2.45) is 5.41 Å². The van der Waals surface area contributed by atoms with Crippen molar-refractivity contribution in [2.75, 3.05) is 13.1 Å². The van der Waals surface area contributed by atoms with Crippen LogP contribution in [0.3, 0.4) is 0 Å². The van der Waals surface area contributed by atoms with Crippen LogP contribution in [0.15, 0.2) is 16.8 Å². The Kier molecular flexibility index (Phi) is 4.40. The Labute approximate surface area is 113 Å². The van der Waals surface area contributed by atoms with Gasteiger partial charge >= 0.3 is 0 Å². The fourth-order valence-electron chi connectivity index (χ4n) is 2.70. The fourth-order valence-corrected chi connectivity index (χ4v) is 3.45. The Morgan fingerprint density at radius 3 is 3.06 bits per heavy atom. The van der Waals surface area contributed by atoms with Crippen LogP contribution in [0.2, 0.25) is 0 Å². The Hall–Kier alpha value is -0.870. The van der Waals surface area contributed by atoms with Crippen LogP contribution in [0.5, 0.6) is 0 Å². The van der Waals surface area contributed by atoms with E-state index in [0.717, 1.165) is 32.4 Å². The molecule has 2 N–H and O–H groups in total. The second-order valence-electron chi connectivity index (χ2n) is 5.21. The van der Waals surface area contributed by atoms with Crippen LogP contribution in [0.4, 0.5) is 0 Å². The number of rotatable bonds is 5. The molecule has 1 aromatic heterocycles. The summed E-state index contributed by atoms with van der Waals surface area (Å²) in [5.41, 5.74) is 1.02. The van der Waals surface area contributed by atoms with E-state index in [1.807, 2.05) is 0 Å². The highest BCUT2D eigenvalue weighted by atomic mass is 32.1. The molecule has 2 atom stereocenters. The number of hydrogen-bond donors (Lipinski definition) is 2. The third-order valence-electron chi connectivity index (χ3n) is 3.84. The van der Waals surface area contributed by atoms with E-state index in [1.54, 1.807) is 11.3 Å². The third kappa shape index (κ3) is 2.75. The molecule has 4 heteroatoms. The van der Waals surface area contributed by atoms with Gasteiger partial charge in [0, 0.05) is 6.54 Å². The van der Waals surface area contributed by atoms with Crippen LogP contribution in [0.1, 0.15) is 44.7 Å². The molecule has 18 heavy (non-hydrogen) atoms. The van der Waals surface area contributed by atoms with Gasteiger partial charge in [0.1, 0.15) is 0 Å². The zero-order valence-corrected chi connectivity index (χ0v) is 12.0. The molecule has 0 aliphatic carbocycles. The van der Waals surface area contributed by atoms with Crippen molar-refractivity contribution in [3.63, 3.8) is 0 Å². The van der Waals surface area contributed by atoms with Gasteiger partial charge in [-0.15, -0.1) is 0 Å². The van der Waals surface area contributed by atoms with Crippen molar-refractivity contribution < 1.29 is 4.79 Å². The Morgan fingerprint density at radius 2 is 2.50 bits per heavy atom. The van der Waals surface area contributed by atoms with Crippen LogP contribution < -0.4 is 10.6 Å². The van der Waals surface area contributed by atoms with Crippen molar-refractivity contribution in [3.05, 3.63) is 22.4 Å². The lowest BCUT2D eigenvalue weighted by Crippen LogP contribution is -2.43. The minimum Gasteiger partial charge on any atom is -0.349 e. The van der Waals surface area contributed by atoms with Gasteiger partial charge in [0.15, 0.2) is 0 Å². The van der Waals surface area contributed by atoms with Crippen molar-refractivity contribution in [1.82, 2.24) is 10.6 Å². The summed E-state index contributed by atoms with van der Waals surface area (Å²) in [6, 6.07) is 2.19. The highest BCUT2D eigenvalue weighted by molar-refractivity contribution is 7.07. The predicted octanol–water partition coefficient (Wildman–Crippen LogP) is 2.71. The summed E-state index contributed by atoms with van der Waals surface area (Å²) >= 11 is 1.67. The minimum absolute atomic E-state index is 0.109. The maximum atomic E-state index is 12.5. The lowest BCUT2D eigenvalue weighted by atomic mass is 9.81. The van der Waals surface area contributed by atoms with Gasteiger partial charge in [0.05, 0.1) is 11.5 Å². The maximum Gasteiger partial charge on any atom is 0.228 e. The monoisotopic (exact) mass is 266 g/mol. The number of carbonyl (C=O) groups excluding carboxylic acids is 1. The molecule has 0 radical (unpaired) electrons. The summed E-state index contributed by atoms with van der Waals surface area (Å²) in [5.74, 6) is 0.216. The van der Waals surface area contributed by atoms with Gasteiger partial charge in [0.25, 0.3) is 0 Å². The van der Waals surface area contributed by atoms with Crippen molar-refractivity contribution in [3.8, 4) is 0 Å². The average Bonchev–Trinajstić information content (AvgIpc) is 3.00. The summed E-state index contributed by atoms with van der Waals surface area (Å²) in [6.07, 6.45) is 2.99. The van der Waals surface area contributed by atoms with Crippen LogP contribution in [-0.2, 0) is 4.79 Å². The molecule has 2 heterocycles. The zero-order chi connectivity index (χ0) is 13.0. The van der Waals surface area contributed by atoms with E-state index < -0.39 is 0 Å². The number of hydrogen-bond acceptors (Lipinski definition) is 3. The Morgan fingerprint density at radius 1 is 1.67 bits per heavy atom. The van der Waals surface area contributed by atoms with Crippen molar-refractivity contribution >= 4 is 17.2 Å². The van der Waals surface area contributed by atoms with Gasteiger partial charge in [-0.05, 0) is 48.7 Å². The van der Waals surface area contributed by atoms with Crippen molar-refractivity contribution in [1.29, 1.82) is 0 Å². The molecule has 2 rings (SSSR count). The van der Waals surface area contributed by atoms with Gasteiger partial charge in [-0.1, -0.05) is 13.3 Å². The van der Waals surface area contributed by atoms with Gasteiger partial charge < -0.3 is 10.6 Å². The van der Waals surface area contributed by atoms with E-state index in [1.165, 1.54) is 5.56 Å². The molecule has 0 aromatic carbocycles. The van der Waals surface area contributed by atoms with E-state index in [4.69, 9.17) is 0 Å². The molecule has 1 aromatic rings. The molecule has 2 unspecified atom stereocenters.